The Hall–Kier alpha value is -2.02. The Balaban J connectivity index is 1.20. The molecule has 0 bridgehead atoms. The van der Waals surface area contributed by atoms with Gasteiger partial charge in [-0.1, -0.05) is 30.3 Å². The van der Waals surface area contributed by atoms with Gasteiger partial charge in [0.15, 0.2) is 0 Å². The molecule has 3 aliphatic rings. The summed E-state index contributed by atoms with van der Waals surface area (Å²) in [5.74, 6) is 0. The summed E-state index contributed by atoms with van der Waals surface area (Å²) in [5, 5.41) is 3.96. The highest BCUT2D eigenvalue weighted by atomic mass is 15.4. The maximum Gasteiger partial charge on any atom is 0.115 e. The van der Waals surface area contributed by atoms with Crippen molar-refractivity contribution in [3.8, 4) is 0 Å². The first kappa shape index (κ1) is 20.9. The van der Waals surface area contributed by atoms with Crippen molar-refractivity contribution in [3.63, 3.8) is 0 Å². The van der Waals surface area contributed by atoms with Crippen LogP contribution in [0, 0.1) is 0 Å². The third kappa shape index (κ3) is 3.97. The highest BCUT2D eigenvalue weighted by molar-refractivity contribution is 5.41. The Morgan fingerprint density at radius 2 is 1.65 bits per heavy atom. The molecule has 1 aromatic heterocycles. The van der Waals surface area contributed by atoms with Crippen LogP contribution in [-0.4, -0.2) is 71.7 Å². The number of nitrogens with one attached hydrogen (secondary N) is 1. The summed E-state index contributed by atoms with van der Waals surface area (Å²) in [6.07, 6.45) is 12.9. The number of hydrogen-bond donors (Lipinski definition) is 1. The third-order valence-electron chi connectivity index (χ3n) is 8.26. The van der Waals surface area contributed by atoms with Crippen LogP contribution in [0.3, 0.4) is 0 Å². The molecule has 1 spiro atoms. The van der Waals surface area contributed by atoms with E-state index in [1.54, 1.807) is 6.33 Å². The van der Waals surface area contributed by atoms with E-state index in [4.69, 9.17) is 0 Å². The molecule has 166 valence electrons. The highest BCUT2D eigenvalue weighted by Crippen LogP contribution is 2.46. The molecule has 2 aliphatic heterocycles. The minimum Gasteiger partial charge on any atom is -0.369 e. The van der Waals surface area contributed by atoms with Gasteiger partial charge in [0.05, 0.1) is 18.1 Å². The number of hydrogen-bond acceptors (Lipinski definition) is 6. The maximum absolute atomic E-state index is 4.18. The molecule has 0 amide bonds. The molecule has 31 heavy (non-hydrogen) atoms. The summed E-state index contributed by atoms with van der Waals surface area (Å²) in [4.78, 5) is 16.0. The lowest BCUT2D eigenvalue weighted by molar-refractivity contribution is 0.0598. The van der Waals surface area contributed by atoms with E-state index in [9.17, 15) is 0 Å². The van der Waals surface area contributed by atoms with Gasteiger partial charge in [-0.2, -0.15) is 0 Å². The topological polar surface area (TPSA) is 47.5 Å². The van der Waals surface area contributed by atoms with Gasteiger partial charge in [0.25, 0.3) is 0 Å². The van der Waals surface area contributed by atoms with Crippen LogP contribution >= 0.6 is 0 Å². The Labute approximate surface area is 186 Å². The van der Waals surface area contributed by atoms with Gasteiger partial charge < -0.3 is 4.90 Å². The normalized spacial score (nSPS) is 30.4. The summed E-state index contributed by atoms with van der Waals surface area (Å²) < 4.78 is 0. The molecule has 3 heterocycles. The van der Waals surface area contributed by atoms with Crippen LogP contribution in [0.1, 0.15) is 44.1 Å². The SMILES string of the molecule is CN(C)C1(c2ccccc2)CCC2(CC1)CN(C1CCN(c3cncnc3)CC1)CN2. The van der Waals surface area contributed by atoms with Gasteiger partial charge >= 0.3 is 0 Å². The molecule has 1 N–H and O–H groups in total. The second kappa shape index (κ2) is 8.49. The molecule has 0 atom stereocenters. The first-order valence-corrected chi connectivity index (χ1v) is 11.8. The van der Waals surface area contributed by atoms with Crippen LogP contribution in [0.4, 0.5) is 5.69 Å². The number of nitrogens with zero attached hydrogens (tertiary/aromatic N) is 5. The highest BCUT2D eigenvalue weighted by Gasteiger charge is 2.48. The van der Waals surface area contributed by atoms with Crippen LogP contribution in [0.15, 0.2) is 49.1 Å². The van der Waals surface area contributed by atoms with E-state index in [0.717, 1.165) is 25.4 Å². The summed E-state index contributed by atoms with van der Waals surface area (Å²) >= 11 is 0. The summed E-state index contributed by atoms with van der Waals surface area (Å²) in [5.41, 5.74) is 3.09. The molecule has 0 radical (unpaired) electrons. The Kier molecular flexibility index (Phi) is 5.71. The molecule has 2 aromatic rings. The first-order chi connectivity index (χ1) is 15.1. The zero-order valence-electron chi connectivity index (χ0n) is 19.0. The van der Waals surface area contributed by atoms with E-state index in [1.807, 2.05) is 12.4 Å². The number of anilines is 1. The minimum atomic E-state index is 0.171. The summed E-state index contributed by atoms with van der Waals surface area (Å²) in [7, 11) is 4.51. The van der Waals surface area contributed by atoms with Gasteiger partial charge in [0, 0.05) is 43.4 Å². The van der Waals surface area contributed by atoms with Crippen LogP contribution in [0.2, 0.25) is 0 Å². The van der Waals surface area contributed by atoms with Crippen LogP contribution in [0.5, 0.6) is 0 Å². The fourth-order valence-electron chi connectivity index (χ4n) is 6.19. The Morgan fingerprint density at radius 3 is 2.29 bits per heavy atom. The van der Waals surface area contributed by atoms with Gasteiger partial charge in [-0.3, -0.25) is 15.1 Å². The van der Waals surface area contributed by atoms with Gasteiger partial charge in [-0.25, -0.2) is 9.97 Å². The predicted molar refractivity (Wildman–Crippen MR) is 125 cm³/mol. The van der Waals surface area contributed by atoms with Crippen molar-refractivity contribution >= 4 is 5.69 Å². The second-order valence-electron chi connectivity index (χ2n) is 9.97. The van der Waals surface area contributed by atoms with Crippen molar-refractivity contribution in [2.45, 2.75) is 55.6 Å². The van der Waals surface area contributed by atoms with Gasteiger partial charge in [0.2, 0.25) is 0 Å². The van der Waals surface area contributed by atoms with Gasteiger partial charge in [0.1, 0.15) is 6.33 Å². The van der Waals surface area contributed by atoms with Crippen LogP contribution in [-0.2, 0) is 5.54 Å². The second-order valence-corrected chi connectivity index (χ2v) is 9.97. The largest absolute Gasteiger partial charge is 0.369 e. The molecule has 3 fully saturated rings. The molecular weight excluding hydrogens is 384 g/mol. The quantitative estimate of drug-likeness (QED) is 0.820. The standard InChI is InChI=1S/C25H36N6/c1-29(2)25(21-6-4-3-5-7-21)12-10-24(11-13-25)18-31(20-28-24)22-8-14-30(15-9-22)23-16-26-19-27-17-23/h3-7,16-17,19,22,28H,8-15,18,20H2,1-2H3. The van der Waals surface area contributed by atoms with Crippen molar-refractivity contribution in [2.24, 2.45) is 0 Å². The fourth-order valence-corrected chi connectivity index (χ4v) is 6.19. The Bertz CT molecular complexity index is 839. The first-order valence-electron chi connectivity index (χ1n) is 11.8. The number of benzene rings is 1. The molecule has 1 aromatic carbocycles. The van der Waals surface area contributed by atoms with E-state index in [2.05, 4.69) is 74.4 Å². The zero-order chi connectivity index (χ0) is 21.3. The lowest BCUT2D eigenvalue weighted by atomic mass is 9.69. The molecule has 6 nitrogen and oxygen atoms in total. The minimum absolute atomic E-state index is 0.171. The average Bonchev–Trinajstić information content (AvgIpc) is 3.24. The van der Waals surface area contributed by atoms with Crippen LogP contribution in [0.25, 0.3) is 0 Å². The lowest BCUT2D eigenvalue weighted by Crippen LogP contribution is -2.54. The summed E-state index contributed by atoms with van der Waals surface area (Å²) in [6.45, 7) is 4.43. The third-order valence-corrected chi connectivity index (χ3v) is 8.26. The van der Waals surface area contributed by atoms with Gasteiger partial charge in [-0.15, -0.1) is 0 Å². The number of rotatable bonds is 4. The molecule has 0 unspecified atom stereocenters. The lowest BCUT2D eigenvalue weighted by Gasteiger charge is -2.49. The molecule has 6 heteroatoms. The van der Waals surface area contributed by atoms with Gasteiger partial charge in [-0.05, 0) is 58.2 Å². The smallest absolute Gasteiger partial charge is 0.115 e. The molecule has 1 aliphatic carbocycles. The monoisotopic (exact) mass is 420 g/mol. The number of piperidine rings is 1. The Morgan fingerprint density at radius 1 is 0.968 bits per heavy atom. The summed E-state index contributed by atoms with van der Waals surface area (Å²) in [6, 6.07) is 11.8. The van der Waals surface area contributed by atoms with Crippen molar-refractivity contribution in [1.82, 2.24) is 25.1 Å². The van der Waals surface area contributed by atoms with Crippen molar-refractivity contribution in [3.05, 3.63) is 54.6 Å². The average molecular weight is 421 g/mol. The van der Waals surface area contributed by atoms with E-state index >= 15 is 0 Å². The molecule has 2 saturated heterocycles. The van der Waals surface area contributed by atoms with Crippen molar-refractivity contribution in [1.29, 1.82) is 0 Å². The number of aromatic nitrogens is 2. The fraction of sp³-hybridized carbons (Fsp3) is 0.600. The van der Waals surface area contributed by atoms with Crippen molar-refractivity contribution < 1.29 is 0 Å². The van der Waals surface area contributed by atoms with E-state index < -0.39 is 0 Å². The molecule has 5 rings (SSSR count). The van der Waals surface area contributed by atoms with E-state index in [-0.39, 0.29) is 5.54 Å². The maximum atomic E-state index is 4.18. The van der Waals surface area contributed by atoms with Crippen molar-refractivity contribution in [2.75, 3.05) is 45.3 Å². The van der Waals surface area contributed by atoms with E-state index in [1.165, 1.54) is 50.6 Å². The molecular formula is C25H36N6. The molecule has 1 saturated carbocycles. The predicted octanol–water partition coefficient (Wildman–Crippen LogP) is 3.08. The van der Waals surface area contributed by atoms with Crippen LogP contribution < -0.4 is 10.2 Å². The zero-order valence-corrected chi connectivity index (χ0v) is 19.0. The van der Waals surface area contributed by atoms with E-state index in [0.29, 0.717) is 11.6 Å².